The van der Waals surface area contributed by atoms with E-state index in [4.69, 9.17) is 4.74 Å². The highest BCUT2D eigenvalue weighted by Gasteiger charge is 2.22. The van der Waals surface area contributed by atoms with Crippen LogP contribution in [0.15, 0.2) is 55.0 Å². The van der Waals surface area contributed by atoms with Gasteiger partial charge in [0.1, 0.15) is 0 Å². The van der Waals surface area contributed by atoms with E-state index in [0.717, 1.165) is 24.3 Å². The second-order valence-electron chi connectivity index (χ2n) is 6.40. The Hall–Kier alpha value is -3.02. The molecule has 4 rings (SSSR count). The second kappa shape index (κ2) is 7.47. The number of fused-ring (bicyclic) bond motifs is 1. The minimum atomic E-state index is -0.223. The maximum atomic E-state index is 12.3. The van der Waals surface area contributed by atoms with E-state index in [2.05, 4.69) is 20.9 Å². The van der Waals surface area contributed by atoms with Crippen molar-refractivity contribution in [1.29, 1.82) is 0 Å². The van der Waals surface area contributed by atoms with E-state index >= 15 is 0 Å². The predicted octanol–water partition coefficient (Wildman–Crippen LogP) is 3.06. The summed E-state index contributed by atoms with van der Waals surface area (Å²) >= 11 is 0. The maximum Gasteiger partial charge on any atom is 0.409 e. The standard InChI is InChI=1S/C20H22N4O2/c25-20(24-12-10-23(11-13-24)17-5-8-21-9-6-17)26-14-7-16-15-22-19-4-2-1-3-18(16)19/h1-6,8-9,15,22H,7,10-14H2. The third kappa shape index (κ3) is 3.49. The summed E-state index contributed by atoms with van der Waals surface area (Å²) in [7, 11) is 0. The van der Waals surface area contributed by atoms with Crippen molar-refractivity contribution >= 4 is 22.7 Å². The lowest BCUT2D eigenvalue weighted by molar-refractivity contribution is 0.101. The number of hydrogen-bond donors (Lipinski definition) is 1. The Morgan fingerprint density at radius 3 is 2.65 bits per heavy atom. The molecule has 0 atom stereocenters. The molecule has 0 aliphatic carbocycles. The van der Waals surface area contributed by atoms with Gasteiger partial charge >= 0.3 is 6.09 Å². The van der Waals surface area contributed by atoms with Crippen LogP contribution in [0.25, 0.3) is 10.9 Å². The number of piperazine rings is 1. The van der Waals surface area contributed by atoms with Crippen LogP contribution < -0.4 is 4.90 Å². The summed E-state index contributed by atoms with van der Waals surface area (Å²) in [5, 5.41) is 1.19. The third-order valence-corrected chi connectivity index (χ3v) is 4.84. The molecule has 0 bridgehead atoms. The van der Waals surface area contributed by atoms with Gasteiger partial charge in [0.2, 0.25) is 0 Å². The van der Waals surface area contributed by atoms with Crippen molar-refractivity contribution < 1.29 is 9.53 Å². The van der Waals surface area contributed by atoms with Crippen LogP contribution in [0.2, 0.25) is 0 Å². The molecule has 1 aliphatic rings. The molecule has 3 aromatic rings. The first-order chi connectivity index (χ1) is 12.8. The first-order valence-electron chi connectivity index (χ1n) is 8.93. The first kappa shape index (κ1) is 16.4. The van der Waals surface area contributed by atoms with Gasteiger partial charge in [-0.15, -0.1) is 0 Å². The molecule has 134 valence electrons. The Bertz CT molecular complexity index is 870. The largest absolute Gasteiger partial charge is 0.449 e. The number of nitrogens with zero attached hydrogens (tertiary/aromatic N) is 3. The van der Waals surface area contributed by atoms with Crippen LogP contribution in [0.3, 0.4) is 0 Å². The van der Waals surface area contributed by atoms with E-state index in [1.807, 2.05) is 36.5 Å². The minimum Gasteiger partial charge on any atom is -0.449 e. The van der Waals surface area contributed by atoms with Crippen LogP contribution in [-0.2, 0) is 11.2 Å². The molecular formula is C20H22N4O2. The Balaban J connectivity index is 1.26. The van der Waals surface area contributed by atoms with Crippen LogP contribution in [0, 0.1) is 0 Å². The first-order valence-corrected chi connectivity index (χ1v) is 8.93. The number of carbonyl (C=O) groups is 1. The van der Waals surface area contributed by atoms with Crippen molar-refractivity contribution in [2.45, 2.75) is 6.42 Å². The number of benzene rings is 1. The van der Waals surface area contributed by atoms with Crippen LogP contribution in [0.1, 0.15) is 5.56 Å². The van der Waals surface area contributed by atoms with Gasteiger partial charge in [-0.3, -0.25) is 4.98 Å². The number of aromatic amines is 1. The summed E-state index contributed by atoms with van der Waals surface area (Å²) in [6.07, 6.45) is 6.07. The number of ether oxygens (including phenoxy) is 1. The number of amides is 1. The lowest BCUT2D eigenvalue weighted by Crippen LogP contribution is -2.49. The molecule has 0 unspecified atom stereocenters. The van der Waals surface area contributed by atoms with E-state index < -0.39 is 0 Å². The Morgan fingerprint density at radius 2 is 1.85 bits per heavy atom. The van der Waals surface area contributed by atoms with E-state index in [1.165, 1.54) is 10.9 Å². The molecule has 0 saturated carbocycles. The Labute approximate surface area is 152 Å². The molecule has 3 heterocycles. The summed E-state index contributed by atoms with van der Waals surface area (Å²) in [4.78, 5) is 23.6. The molecule has 1 fully saturated rings. The molecule has 1 amide bonds. The zero-order chi connectivity index (χ0) is 17.8. The number of para-hydroxylation sites is 1. The highest BCUT2D eigenvalue weighted by atomic mass is 16.6. The Morgan fingerprint density at radius 1 is 1.08 bits per heavy atom. The fraction of sp³-hybridized carbons (Fsp3) is 0.300. The highest BCUT2D eigenvalue weighted by molar-refractivity contribution is 5.83. The average Bonchev–Trinajstić information content (AvgIpc) is 3.12. The third-order valence-electron chi connectivity index (χ3n) is 4.84. The summed E-state index contributed by atoms with van der Waals surface area (Å²) < 4.78 is 5.49. The van der Waals surface area contributed by atoms with Crippen molar-refractivity contribution in [2.75, 3.05) is 37.7 Å². The number of aromatic nitrogens is 2. The molecule has 26 heavy (non-hydrogen) atoms. The second-order valence-corrected chi connectivity index (χ2v) is 6.40. The van der Waals surface area contributed by atoms with Crippen molar-refractivity contribution in [3.05, 3.63) is 60.6 Å². The Kier molecular flexibility index (Phi) is 4.73. The fourth-order valence-electron chi connectivity index (χ4n) is 3.38. The molecule has 6 nitrogen and oxygen atoms in total. The van der Waals surface area contributed by atoms with E-state index in [9.17, 15) is 4.79 Å². The van der Waals surface area contributed by atoms with Crippen molar-refractivity contribution in [1.82, 2.24) is 14.9 Å². The molecule has 1 N–H and O–H groups in total. The van der Waals surface area contributed by atoms with Gasteiger partial charge in [-0.1, -0.05) is 18.2 Å². The van der Waals surface area contributed by atoms with Gasteiger partial charge in [0, 0.05) is 67.8 Å². The highest BCUT2D eigenvalue weighted by Crippen LogP contribution is 2.18. The van der Waals surface area contributed by atoms with Crippen molar-refractivity contribution in [2.24, 2.45) is 0 Å². The van der Waals surface area contributed by atoms with Crippen LogP contribution in [-0.4, -0.2) is 53.7 Å². The quantitative estimate of drug-likeness (QED) is 0.786. The van der Waals surface area contributed by atoms with Crippen LogP contribution in [0.4, 0.5) is 10.5 Å². The van der Waals surface area contributed by atoms with E-state index in [1.54, 1.807) is 17.3 Å². The summed E-state index contributed by atoms with van der Waals surface area (Å²) in [5.74, 6) is 0. The van der Waals surface area contributed by atoms with Gasteiger partial charge in [0.05, 0.1) is 6.61 Å². The normalized spacial score (nSPS) is 14.6. The van der Waals surface area contributed by atoms with E-state index in [-0.39, 0.29) is 6.09 Å². The molecule has 1 aliphatic heterocycles. The van der Waals surface area contributed by atoms with Gasteiger partial charge in [0.15, 0.2) is 0 Å². The number of anilines is 1. The molecule has 1 aromatic carbocycles. The number of rotatable bonds is 4. The minimum absolute atomic E-state index is 0.223. The van der Waals surface area contributed by atoms with E-state index in [0.29, 0.717) is 26.1 Å². The smallest absolute Gasteiger partial charge is 0.409 e. The predicted molar refractivity (Wildman–Crippen MR) is 101 cm³/mol. The SMILES string of the molecule is O=C(OCCc1c[nH]c2ccccc12)N1CCN(c2ccncc2)CC1. The van der Waals surface area contributed by atoms with Gasteiger partial charge in [-0.2, -0.15) is 0 Å². The van der Waals surface area contributed by atoms with Gasteiger partial charge in [-0.25, -0.2) is 4.79 Å². The number of H-pyrrole nitrogens is 1. The number of hydrogen-bond acceptors (Lipinski definition) is 4. The van der Waals surface area contributed by atoms with Gasteiger partial charge in [0.25, 0.3) is 0 Å². The summed E-state index contributed by atoms with van der Waals surface area (Å²) in [6.45, 7) is 3.36. The molecule has 0 radical (unpaired) electrons. The lowest BCUT2D eigenvalue weighted by Gasteiger charge is -2.35. The zero-order valence-electron chi connectivity index (χ0n) is 14.6. The van der Waals surface area contributed by atoms with Crippen LogP contribution in [0.5, 0.6) is 0 Å². The van der Waals surface area contributed by atoms with Crippen molar-refractivity contribution in [3.8, 4) is 0 Å². The molecule has 1 saturated heterocycles. The van der Waals surface area contributed by atoms with Crippen LogP contribution >= 0.6 is 0 Å². The molecule has 0 spiro atoms. The summed E-state index contributed by atoms with van der Waals surface area (Å²) in [6, 6.07) is 12.2. The number of pyridine rings is 1. The molecule has 6 heteroatoms. The lowest BCUT2D eigenvalue weighted by atomic mass is 10.1. The monoisotopic (exact) mass is 350 g/mol. The van der Waals surface area contributed by atoms with Gasteiger partial charge < -0.3 is 19.5 Å². The maximum absolute atomic E-state index is 12.3. The molecule has 2 aromatic heterocycles. The molecular weight excluding hydrogens is 328 g/mol. The van der Waals surface area contributed by atoms with Crippen molar-refractivity contribution in [3.63, 3.8) is 0 Å². The summed E-state index contributed by atoms with van der Waals surface area (Å²) in [5.41, 5.74) is 3.43. The fourth-order valence-corrected chi connectivity index (χ4v) is 3.38. The zero-order valence-corrected chi connectivity index (χ0v) is 14.6. The topological polar surface area (TPSA) is 61.5 Å². The average molecular weight is 350 g/mol. The van der Waals surface area contributed by atoms with Gasteiger partial charge in [-0.05, 0) is 23.8 Å². The number of carbonyl (C=O) groups excluding carboxylic acids is 1. The number of nitrogens with one attached hydrogen (secondary N) is 1.